The third kappa shape index (κ3) is 4.04. The van der Waals surface area contributed by atoms with E-state index in [4.69, 9.17) is 0 Å². The first-order valence-corrected chi connectivity index (χ1v) is 14.4. The van der Waals surface area contributed by atoms with Crippen molar-refractivity contribution < 1.29 is 21.6 Å². The summed E-state index contributed by atoms with van der Waals surface area (Å²) in [5, 5.41) is 0. The predicted octanol–water partition coefficient (Wildman–Crippen LogP) is 1.72. The van der Waals surface area contributed by atoms with Gasteiger partial charge in [0.2, 0.25) is 5.91 Å². The molecule has 0 radical (unpaired) electrons. The number of aryl methyl sites for hydroxylation is 2. The van der Waals surface area contributed by atoms with Gasteiger partial charge in [0.25, 0.3) is 0 Å². The molecule has 3 fully saturated rings. The molecule has 2 heterocycles. The van der Waals surface area contributed by atoms with Crippen LogP contribution in [0, 0.1) is 13.8 Å². The van der Waals surface area contributed by atoms with Crippen molar-refractivity contribution in [3.05, 3.63) is 29.3 Å². The minimum Gasteiger partial charge on any atom is -0.339 e. The topological polar surface area (TPSA) is 91.8 Å². The van der Waals surface area contributed by atoms with Crippen LogP contribution in [-0.2, 0) is 24.5 Å². The van der Waals surface area contributed by atoms with Crippen molar-refractivity contribution in [3.63, 3.8) is 0 Å². The van der Waals surface area contributed by atoms with E-state index in [2.05, 4.69) is 4.90 Å². The largest absolute Gasteiger partial charge is 0.339 e. The molecule has 3 aliphatic rings. The van der Waals surface area contributed by atoms with Crippen LogP contribution in [0.25, 0.3) is 0 Å². The maximum absolute atomic E-state index is 13.8. The van der Waals surface area contributed by atoms with E-state index >= 15 is 0 Å². The lowest BCUT2D eigenvalue weighted by molar-refractivity contribution is -0.136. The molecule has 1 saturated carbocycles. The van der Waals surface area contributed by atoms with Gasteiger partial charge in [-0.1, -0.05) is 25.0 Å². The highest BCUT2D eigenvalue weighted by atomic mass is 32.2. The van der Waals surface area contributed by atoms with Crippen molar-refractivity contribution >= 4 is 25.6 Å². The first-order chi connectivity index (χ1) is 14.6. The number of hydrogen-bond acceptors (Lipinski definition) is 6. The Morgan fingerprint density at radius 3 is 2.29 bits per heavy atom. The number of sulfone groups is 2. The molecule has 31 heavy (non-hydrogen) atoms. The summed E-state index contributed by atoms with van der Waals surface area (Å²) in [6, 6.07) is 5.40. The number of benzene rings is 1. The number of piperazine rings is 1. The Labute approximate surface area is 185 Å². The Bertz CT molecular complexity index is 1070. The minimum absolute atomic E-state index is 0.0152. The maximum Gasteiger partial charge on any atom is 0.244 e. The van der Waals surface area contributed by atoms with Crippen LogP contribution in [0.15, 0.2) is 23.1 Å². The van der Waals surface area contributed by atoms with E-state index in [1.54, 1.807) is 17.9 Å². The summed E-state index contributed by atoms with van der Waals surface area (Å²) in [6.07, 6.45) is 2.83. The van der Waals surface area contributed by atoms with Crippen molar-refractivity contribution in [1.82, 2.24) is 9.80 Å². The maximum atomic E-state index is 13.8. The Kier molecular flexibility index (Phi) is 5.98. The number of amides is 1. The van der Waals surface area contributed by atoms with E-state index < -0.39 is 24.4 Å². The van der Waals surface area contributed by atoms with Crippen LogP contribution in [0.2, 0.25) is 0 Å². The van der Waals surface area contributed by atoms with Crippen LogP contribution in [0.1, 0.15) is 43.2 Å². The van der Waals surface area contributed by atoms with Gasteiger partial charge < -0.3 is 4.90 Å². The smallest absolute Gasteiger partial charge is 0.244 e. The Hall–Kier alpha value is -1.45. The molecule has 1 amide bonds. The molecule has 0 bridgehead atoms. The molecule has 7 nitrogen and oxygen atoms in total. The highest BCUT2D eigenvalue weighted by Crippen LogP contribution is 2.43. The monoisotopic (exact) mass is 468 g/mol. The lowest BCUT2D eigenvalue weighted by Crippen LogP contribution is -2.58. The van der Waals surface area contributed by atoms with Crippen LogP contribution in [0.4, 0.5) is 0 Å². The van der Waals surface area contributed by atoms with E-state index in [-0.39, 0.29) is 28.4 Å². The molecule has 1 aliphatic carbocycles. The van der Waals surface area contributed by atoms with E-state index in [1.165, 1.54) is 0 Å². The fraction of sp³-hybridized carbons (Fsp3) is 0.682. The number of hydrogen-bond donors (Lipinski definition) is 0. The Morgan fingerprint density at radius 2 is 1.71 bits per heavy atom. The predicted molar refractivity (Wildman–Crippen MR) is 120 cm³/mol. The van der Waals surface area contributed by atoms with E-state index in [0.29, 0.717) is 51.0 Å². The quantitative estimate of drug-likeness (QED) is 0.668. The fourth-order valence-electron chi connectivity index (χ4n) is 5.39. The molecule has 1 unspecified atom stereocenters. The van der Waals surface area contributed by atoms with Gasteiger partial charge >= 0.3 is 0 Å². The number of carbonyl (C=O) groups excluding carboxylic acids is 1. The molecule has 0 N–H and O–H groups in total. The third-order valence-electron chi connectivity index (χ3n) is 7.27. The van der Waals surface area contributed by atoms with Crippen molar-refractivity contribution in [2.24, 2.45) is 0 Å². The summed E-state index contributed by atoms with van der Waals surface area (Å²) < 4.78 is 49.9. The van der Waals surface area contributed by atoms with Gasteiger partial charge in [0.1, 0.15) is 0 Å². The molecule has 0 aromatic heterocycles. The van der Waals surface area contributed by atoms with Crippen molar-refractivity contribution in [1.29, 1.82) is 0 Å². The Balaban J connectivity index is 1.55. The lowest BCUT2D eigenvalue weighted by Gasteiger charge is -2.41. The van der Waals surface area contributed by atoms with Crippen molar-refractivity contribution in [3.8, 4) is 0 Å². The van der Waals surface area contributed by atoms with Crippen LogP contribution in [0.3, 0.4) is 0 Å². The first-order valence-electron chi connectivity index (χ1n) is 11.1. The standard InChI is InChI=1S/C22H32N2O5S2/c1-17-5-6-18(2)20(15-17)31(28,29)22(8-3-4-9-22)21(25)24-12-10-23(11-13-24)19-7-14-30(26,27)16-19/h5-6,15,19H,3-4,7-14,16H2,1-2H3. The molecule has 1 atom stereocenters. The minimum atomic E-state index is -3.83. The van der Waals surface area contributed by atoms with E-state index in [9.17, 15) is 21.6 Å². The summed E-state index contributed by atoms with van der Waals surface area (Å²) in [4.78, 5) is 17.8. The summed E-state index contributed by atoms with van der Waals surface area (Å²) >= 11 is 0. The normalized spacial score (nSPS) is 26.3. The second-order valence-corrected chi connectivity index (χ2v) is 13.8. The van der Waals surface area contributed by atoms with E-state index in [1.807, 2.05) is 19.1 Å². The molecule has 1 aromatic carbocycles. The molecule has 4 rings (SSSR count). The summed E-state index contributed by atoms with van der Waals surface area (Å²) in [5.41, 5.74) is 1.54. The molecular formula is C22H32N2O5S2. The molecule has 2 aliphatic heterocycles. The second-order valence-electron chi connectivity index (χ2n) is 9.36. The fourth-order valence-corrected chi connectivity index (χ4v) is 9.59. The van der Waals surface area contributed by atoms with Crippen LogP contribution in [0.5, 0.6) is 0 Å². The summed E-state index contributed by atoms with van der Waals surface area (Å²) in [5.74, 6) is 0.143. The molecule has 0 spiro atoms. The van der Waals surface area contributed by atoms with Crippen LogP contribution in [-0.4, -0.2) is 81.0 Å². The van der Waals surface area contributed by atoms with Gasteiger partial charge in [0.15, 0.2) is 24.4 Å². The zero-order valence-corrected chi connectivity index (χ0v) is 20.0. The molecule has 2 saturated heterocycles. The van der Waals surface area contributed by atoms with Crippen molar-refractivity contribution in [2.45, 2.75) is 61.6 Å². The molecule has 1 aromatic rings. The van der Waals surface area contributed by atoms with Gasteiger partial charge in [0, 0.05) is 32.2 Å². The number of rotatable bonds is 4. The van der Waals surface area contributed by atoms with Gasteiger partial charge in [-0.2, -0.15) is 0 Å². The zero-order valence-electron chi connectivity index (χ0n) is 18.3. The van der Waals surface area contributed by atoms with Gasteiger partial charge in [-0.15, -0.1) is 0 Å². The average molecular weight is 469 g/mol. The lowest BCUT2D eigenvalue weighted by atomic mass is 10.0. The highest BCUT2D eigenvalue weighted by Gasteiger charge is 2.55. The summed E-state index contributed by atoms with van der Waals surface area (Å²) in [6.45, 7) is 5.72. The Morgan fingerprint density at radius 1 is 1.06 bits per heavy atom. The van der Waals surface area contributed by atoms with E-state index in [0.717, 1.165) is 18.4 Å². The van der Waals surface area contributed by atoms with Gasteiger partial charge in [-0.05, 0) is 50.3 Å². The zero-order chi connectivity index (χ0) is 22.4. The first kappa shape index (κ1) is 22.7. The van der Waals surface area contributed by atoms with Crippen molar-refractivity contribution in [2.75, 3.05) is 37.7 Å². The van der Waals surface area contributed by atoms with Gasteiger partial charge in [0.05, 0.1) is 16.4 Å². The molecular weight excluding hydrogens is 436 g/mol. The van der Waals surface area contributed by atoms with Gasteiger partial charge in [-0.3, -0.25) is 9.69 Å². The number of carbonyl (C=O) groups is 1. The molecule has 9 heteroatoms. The van der Waals surface area contributed by atoms with Crippen LogP contribution < -0.4 is 0 Å². The SMILES string of the molecule is Cc1ccc(C)c(S(=O)(=O)C2(C(=O)N3CCN(C4CCS(=O)(=O)C4)CC3)CCCC2)c1. The molecule has 172 valence electrons. The summed E-state index contributed by atoms with van der Waals surface area (Å²) in [7, 11) is -6.79. The number of nitrogens with zero attached hydrogens (tertiary/aromatic N) is 2. The highest BCUT2D eigenvalue weighted by molar-refractivity contribution is 7.93. The average Bonchev–Trinajstić information content (AvgIpc) is 3.37. The third-order valence-corrected chi connectivity index (χ3v) is 11.7. The van der Waals surface area contributed by atoms with Gasteiger partial charge in [-0.25, -0.2) is 16.8 Å². The second kappa shape index (κ2) is 8.15. The van der Waals surface area contributed by atoms with Crippen LogP contribution >= 0.6 is 0 Å².